The molecule has 0 saturated heterocycles. The lowest BCUT2D eigenvalue weighted by atomic mass is 9.85. The van der Waals surface area contributed by atoms with E-state index in [-0.39, 0.29) is 11.2 Å². The summed E-state index contributed by atoms with van der Waals surface area (Å²) in [5, 5.41) is 5.14. The third-order valence-corrected chi connectivity index (χ3v) is 4.27. The van der Waals surface area contributed by atoms with Crippen molar-refractivity contribution in [3.05, 3.63) is 0 Å². The van der Waals surface area contributed by atoms with Crippen molar-refractivity contribution >= 4 is 10.0 Å². The van der Waals surface area contributed by atoms with E-state index in [0.29, 0.717) is 19.1 Å². The number of nitrogens with two attached hydrogens (primary N) is 1. The minimum absolute atomic E-state index is 0.00861. The van der Waals surface area contributed by atoms with Crippen molar-refractivity contribution in [3.8, 4) is 0 Å². The Balaban J connectivity index is 4.31. The Morgan fingerprint density at radius 1 is 1.24 bits per heavy atom. The second kappa shape index (κ2) is 7.34. The summed E-state index contributed by atoms with van der Waals surface area (Å²) in [7, 11) is -3.44. The molecule has 0 atom stereocenters. The largest absolute Gasteiger partial charge is 0.381 e. The number of primary sulfonamides is 1. The highest BCUT2D eigenvalue weighted by atomic mass is 32.2. The molecule has 5 heteroatoms. The van der Waals surface area contributed by atoms with Crippen LogP contribution in [0.25, 0.3) is 0 Å². The molecule has 0 aliphatic rings. The Hall–Kier alpha value is -0.130. The average molecular weight is 265 g/mol. The molecule has 104 valence electrons. The van der Waals surface area contributed by atoms with E-state index >= 15 is 0 Å². The predicted octanol–water partition coefficient (Wildman–Crippen LogP) is 2.14. The van der Waals surface area contributed by atoms with E-state index in [2.05, 4.69) is 13.8 Å². The van der Waals surface area contributed by atoms with E-state index in [1.807, 2.05) is 13.8 Å². The molecule has 0 saturated carbocycles. The first-order valence-corrected chi connectivity index (χ1v) is 8.04. The van der Waals surface area contributed by atoms with Gasteiger partial charge in [0.1, 0.15) is 0 Å². The molecule has 2 N–H and O–H groups in total. The summed E-state index contributed by atoms with van der Waals surface area (Å²) < 4.78 is 28.1. The van der Waals surface area contributed by atoms with Crippen LogP contribution in [0, 0.1) is 11.3 Å². The second-order valence-corrected chi connectivity index (χ2v) is 6.86. The van der Waals surface area contributed by atoms with E-state index < -0.39 is 10.0 Å². The predicted molar refractivity (Wildman–Crippen MR) is 71.3 cm³/mol. The van der Waals surface area contributed by atoms with Gasteiger partial charge in [0.25, 0.3) is 0 Å². The van der Waals surface area contributed by atoms with E-state index in [4.69, 9.17) is 9.88 Å². The Labute approximate surface area is 106 Å². The van der Waals surface area contributed by atoms with Crippen LogP contribution in [0.2, 0.25) is 0 Å². The molecule has 0 aromatic rings. The van der Waals surface area contributed by atoms with Gasteiger partial charge in [-0.15, -0.1) is 0 Å². The van der Waals surface area contributed by atoms with Crippen molar-refractivity contribution in [1.29, 1.82) is 0 Å². The van der Waals surface area contributed by atoms with Gasteiger partial charge in [0.05, 0.1) is 12.4 Å². The fraction of sp³-hybridized carbons (Fsp3) is 1.00. The topological polar surface area (TPSA) is 69.4 Å². The van der Waals surface area contributed by atoms with Crippen LogP contribution >= 0.6 is 0 Å². The van der Waals surface area contributed by atoms with Gasteiger partial charge in [-0.3, -0.25) is 0 Å². The monoisotopic (exact) mass is 265 g/mol. The van der Waals surface area contributed by atoms with Crippen LogP contribution in [0.5, 0.6) is 0 Å². The molecule has 0 amide bonds. The first-order valence-electron chi connectivity index (χ1n) is 6.33. The molecule has 4 nitrogen and oxygen atoms in total. The fourth-order valence-electron chi connectivity index (χ4n) is 1.73. The second-order valence-electron chi connectivity index (χ2n) is 5.25. The standard InChI is InChI=1S/C12H27NO3S/c1-5-12(6-2,10-17(13,14)15)9-16-8-7-11(3)4/h11H,5-10H2,1-4H3,(H2,13,14,15). The van der Waals surface area contributed by atoms with Crippen molar-refractivity contribution in [2.45, 2.75) is 47.0 Å². The molecule has 0 heterocycles. The highest BCUT2D eigenvalue weighted by Gasteiger charge is 2.31. The van der Waals surface area contributed by atoms with Crippen molar-refractivity contribution < 1.29 is 13.2 Å². The highest BCUT2D eigenvalue weighted by molar-refractivity contribution is 7.89. The van der Waals surface area contributed by atoms with Crippen LogP contribution in [-0.4, -0.2) is 27.4 Å². The van der Waals surface area contributed by atoms with Crippen molar-refractivity contribution in [1.82, 2.24) is 0 Å². The van der Waals surface area contributed by atoms with Crippen LogP contribution in [0.3, 0.4) is 0 Å². The fourth-order valence-corrected chi connectivity index (χ4v) is 3.08. The molecule has 0 spiro atoms. The maximum absolute atomic E-state index is 11.2. The molecule has 0 aromatic carbocycles. The summed E-state index contributed by atoms with van der Waals surface area (Å²) in [5.41, 5.74) is -0.329. The van der Waals surface area contributed by atoms with Crippen LogP contribution < -0.4 is 5.14 Å². The number of hydrogen-bond donors (Lipinski definition) is 1. The molecule has 0 fully saturated rings. The first-order chi connectivity index (χ1) is 7.74. The molecule has 0 aromatic heterocycles. The lowest BCUT2D eigenvalue weighted by Crippen LogP contribution is -2.36. The SMILES string of the molecule is CCC(CC)(COCCC(C)C)CS(N)(=O)=O. The Morgan fingerprint density at radius 2 is 1.76 bits per heavy atom. The summed E-state index contributed by atoms with van der Waals surface area (Å²) in [4.78, 5) is 0. The van der Waals surface area contributed by atoms with Gasteiger partial charge in [-0.2, -0.15) is 0 Å². The van der Waals surface area contributed by atoms with Crippen molar-refractivity contribution in [2.24, 2.45) is 16.5 Å². The van der Waals surface area contributed by atoms with Crippen molar-refractivity contribution in [3.63, 3.8) is 0 Å². The van der Waals surface area contributed by atoms with Crippen molar-refractivity contribution in [2.75, 3.05) is 19.0 Å². The number of ether oxygens (including phenoxy) is 1. The Morgan fingerprint density at radius 3 is 2.12 bits per heavy atom. The summed E-state index contributed by atoms with van der Waals surface area (Å²) in [6.45, 7) is 9.41. The molecule has 0 aliphatic carbocycles. The van der Waals surface area contributed by atoms with Gasteiger partial charge in [0, 0.05) is 12.0 Å². The molecule has 0 bridgehead atoms. The smallest absolute Gasteiger partial charge is 0.209 e. The lowest BCUT2D eigenvalue weighted by Gasteiger charge is -2.30. The zero-order chi connectivity index (χ0) is 13.5. The third kappa shape index (κ3) is 7.73. The molecule has 17 heavy (non-hydrogen) atoms. The van der Waals surface area contributed by atoms with E-state index in [0.717, 1.165) is 19.3 Å². The minimum Gasteiger partial charge on any atom is -0.381 e. The lowest BCUT2D eigenvalue weighted by molar-refractivity contribution is 0.0446. The summed E-state index contributed by atoms with van der Waals surface area (Å²) >= 11 is 0. The molecule has 0 aliphatic heterocycles. The molecular weight excluding hydrogens is 238 g/mol. The number of rotatable bonds is 9. The van der Waals surface area contributed by atoms with Gasteiger partial charge < -0.3 is 4.74 Å². The minimum atomic E-state index is -3.44. The number of sulfonamides is 1. The van der Waals surface area contributed by atoms with Gasteiger partial charge >= 0.3 is 0 Å². The number of hydrogen-bond acceptors (Lipinski definition) is 3. The highest BCUT2D eigenvalue weighted by Crippen LogP contribution is 2.28. The molecule has 0 unspecified atom stereocenters. The maximum Gasteiger partial charge on any atom is 0.209 e. The zero-order valence-electron chi connectivity index (χ0n) is 11.5. The van der Waals surface area contributed by atoms with Gasteiger partial charge in [0.2, 0.25) is 10.0 Å². The summed E-state index contributed by atoms with van der Waals surface area (Å²) in [6.07, 6.45) is 2.53. The van der Waals surface area contributed by atoms with Crippen LogP contribution in [-0.2, 0) is 14.8 Å². The molecular formula is C12H27NO3S. The van der Waals surface area contributed by atoms with E-state index in [1.165, 1.54) is 0 Å². The van der Waals surface area contributed by atoms with Gasteiger partial charge in [-0.05, 0) is 25.2 Å². The van der Waals surface area contributed by atoms with Crippen LogP contribution in [0.1, 0.15) is 47.0 Å². The van der Waals surface area contributed by atoms with Gasteiger partial charge in [0.15, 0.2) is 0 Å². The van der Waals surface area contributed by atoms with E-state index in [1.54, 1.807) is 0 Å². The Kier molecular flexibility index (Phi) is 7.28. The molecule has 0 radical (unpaired) electrons. The van der Waals surface area contributed by atoms with Crippen LogP contribution in [0.15, 0.2) is 0 Å². The third-order valence-electron chi connectivity index (χ3n) is 3.26. The quantitative estimate of drug-likeness (QED) is 0.649. The average Bonchev–Trinajstić information content (AvgIpc) is 2.20. The first kappa shape index (κ1) is 16.9. The van der Waals surface area contributed by atoms with Gasteiger partial charge in [-0.1, -0.05) is 27.7 Å². The van der Waals surface area contributed by atoms with Gasteiger partial charge in [-0.25, -0.2) is 13.6 Å². The van der Waals surface area contributed by atoms with Crippen LogP contribution in [0.4, 0.5) is 0 Å². The summed E-state index contributed by atoms with van der Waals surface area (Å²) in [5.74, 6) is 0.611. The molecule has 0 rings (SSSR count). The zero-order valence-corrected chi connectivity index (χ0v) is 12.3. The van der Waals surface area contributed by atoms with E-state index in [9.17, 15) is 8.42 Å². The Bertz CT molecular complexity index is 295. The summed E-state index contributed by atoms with van der Waals surface area (Å²) in [6, 6.07) is 0. The normalized spacial score (nSPS) is 13.3. The maximum atomic E-state index is 11.2.